The number of hydrogen-bond donors (Lipinski definition) is 0. The molecule has 0 radical (unpaired) electrons. The maximum absolute atomic E-state index is 12.4. The second-order valence-corrected chi connectivity index (χ2v) is 5.55. The molecule has 0 bridgehead atoms. The first-order chi connectivity index (χ1) is 12.3. The fourth-order valence-corrected chi connectivity index (χ4v) is 2.66. The summed E-state index contributed by atoms with van der Waals surface area (Å²) in [6.07, 6.45) is -5.67. The van der Waals surface area contributed by atoms with E-state index in [-0.39, 0.29) is 17.8 Å². The lowest BCUT2D eigenvalue weighted by Gasteiger charge is -2.11. The van der Waals surface area contributed by atoms with E-state index in [1.165, 1.54) is 25.3 Å². The molecule has 5 nitrogen and oxygen atoms in total. The van der Waals surface area contributed by atoms with Crippen LogP contribution >= 0.6 is 0 Å². The molecular formula is C18H13F3O5. The smallest absolute Gasteiger partial charge is 0.497 e. The van der Waals surface area contributed by atoms with Crippen molar-refractivity contribution in [2.75, 3.05) is 7.11 Å². The summed E-state index contributed by atoms with van der Waals surface area (Å²) in [7, 11) is 1.47. The topological polar surface area (TPSA) is 61.8 Å². The average molecular weight is 366 g/mol. The highest BCUT2D eigenvalue weighted by molar-refractivity contribution is 5.99. The predicted molar refractivity (Wildman–Crippen MR) is 83.2 cm³/mol. The number of methoxy groups -OCH3 is 1. The Labute approximate surface area is 146 Å². The van der Waals surface area contributed by atoms with Crippen molar-refractivity contribution in [3.05, 3.63) is 59.2 Å². The Balaban J connectivity index is 1.72. The maximum atomic E-state index is 12.4. The molecule has 2 aromatic carbocycles. The molecule has 136 valence electrons. The van der Waals surface area contributed by atoms with Gasteiger partial charge in [0.15, 0.2) is 5.78 Å². The Hall–Kier alpha value is -3.03. The average Bonchev–Trinajstić information content (AvgIpc) is 2.89. The fraction of sp³-hybridized carbons (Fsp3) is 0.222. The Kier molecular flexibility index (Phi) is 4.58. The highest BCUT2D eigenvalue weighted by atomic mass is 19.4. The third-order valence-electron chi connectivity index (χ3n) is 3.86. The third kappa shape index (κ3) is 3.79. The SMILES string of the molecule is COc1ccc2c(c1)C(=O)OC2CC(=O)c1ccc(OC(F)(F)F)cc1. The number of ether oxygens (including phenoxy) is 3. The summed E-state index contributed by atoms with van der Waals surface area (Å²) in [6, 6.07) is 9.41. The monoisotopic (exact) mass is 366 g/mol. The first kappa shape index (κ1) is 17.8. The zero-order valence-corrected chi connectivity index (χ0v) is 13.5. The van der Waals surface area contributed by atoms with E-state index in [0.717, 1.165) is 12.1 Å². The van der Waals surface area contributed by atoms with Gasteiger partial charge in [0.2, 0.25) is 0 Å². The van der Waals surface area contributed by atoms with Crippen LogP contribution in [0.5, 0.6) is 11.5 Å². The molecule has 0 saturated carbocycles. The molecule has 1 heterocycles. The lowest BCUT2D eigenvalue weighted by molar-refractivity contribution is -0.274. The lowest BCUT2D eigenvalue weighted by Crippen LogP contribution is -2.17. The Morgan fingerprint density at radius 2 is 1.77 bits per heavy atom. The molecule has 0 aliphatic carbocycles. The van der Waals surface area contributed by atoms with Gasteiger partial charge >= 0.3 is 12.3 Å². The molecule has 1 atom stereocenters. The molecule has 8 heteroatoms. The molecular weight excluding hydrogens is 353 g/mol. The third-order valence-corrected chi connectivity index (χ3v) is 3.86. The predicted octanol–water partition coefficient (Wildman–Crippen LogP) is 4.08. The molecule has 0 amide bonds. The molecule has 0 aromatic heterocycles. The number of hydrogen-bond acceptors (Lipinski definition) is 5. The summed E-state index contributed by atoms with van der Waals surface area (Å²) in [4.78, 5) is 24.3. The van der Waals surface area contributed by atoms with Gasteiger partial charge in [-0.2, -0.15) is 0 Å². The molecule has 26 heavy (non-hydrogen) atoms. The number of fused-ring (bicyclic) bond motifs is 1. The maximum Gasteiger partial charge on any atom is 0.573 e. The standard InChI is InChI=1S/C18H13F3O5/c1-24-12-6-7-13-14(8-12)17(23)25-16(13)9-15(22)10-2-4-11(5-3-10)26-18(19,20)21/h2-8,16H,9H2,1H3. The highest BCUT2D eigenvalue weighted by Gasteiger charge is 2.33. The van der Waals surface area contributed by atoms with Gasteiger partial charge in [0.1, 0.15) is 17.6 Å². The number of alkyl halides is 3. The van der Waals surface area contributed by atoms with Crippen molar-refractivity contribution in [1.29, 1.82) is 0 Å². The van der Waals surface area contributed by atoms with Crippen molar-refractivity contribution in [1.82, 2.24) is 0 Å². The number of ketones is 1. The van der Waals surface area contributed by atoms with E-state index in [0.29, 0.717) is 16.9 Å². The first-order valence-corrected chi connectivity index (χ1v) is 7.55. The Bertz CT molecular complexity index is 843. The number of benzene rings is 2. The van der Waals surface area contributed by atoms with E-state index in [1.54, 1.807) is 12.1 Å². The van der Waals surface area contributed by atoms with E-state index >= 15 is 0 Å². The van der Waals surface area contributed by atoms with Crippen LogP contribution in [0.25, 0.3) is 0 Å². The summed E-state index contributed by atoms with van der Waals surface area (Å²) in [5, 5.41) is 0. The minimum Gasteiger partial charge on any atom is -0.497 e. The summed E-state index contributed by atoms with van der Waals surface area (Å²) >= 11 is 0. The molecule has 1 unspecified atom stereocenters. The Morgan fingerprint density at radius 3 is 2.38 bits per heavy atom. The molecule has 0 saturated heterocycles. The van der Waals surface area contributed by atoms with E-state index < -0.39 is 24.2 Å². The van der Waals surface area contributed by atoms with Gasteiger partial charge in [-0.1, -0.05) is 6.07 Å². The number of Topliss-reactive ketones (excluding diaryl/α,β-unsaturated/α-hetero) is 1. The lowest BCUT2D eigenvalue weighted by atomic mass is 9.98. The Morgan fingerprint density at radius 1 is 1.12 bits per heavy atom. The van der Waals surface area contributed by atoms with Crippen LogP contribution in [0.4, 0.5) is 13.2 Å². The highest BCUT2D eigenvalue weighted by Crippen LogP contribution is 2.36. The number of rotatable bonds is 5. The van der Waals surface area contributed by atoms with Gasteiger partial charge in [-0.15, -0.1) is 13.2 Å². The van der Waals surface area contributed by atoms with Gasteiger partial charge in [0, 0.05) is 11.1 Å². The largest absolute Gasteiger partial charge is 0.573 e. The molecule has 3 rings (SSSR count). The normalized spacial score (nSPS) is 16.0. The molecule has 2 aromatic rings. The van der Waals surface area contributed by atoms with Crippen LogP contribution in [0.1, 0.15) is 38.8 Å². The van der Waals surface area contributed by atoms with Crippen molar-refractivity contribution in [3.8, 4) is 11.5 Å². The summed E-state index contributed by atoms with van der Waals surface area (Å²) < 4.78 is 50.5. The van der Waals surface area contributed by atoms with Gasteiger partial charge in [-0.25, -0.2) is 4.79 Å². The summed E-state index contributed by atoms with van der Waals surface area (Å²) in [5.41, 5.74) is 1.09. The fourth-order valence-electron chi connectivity index (χ4n) is 2.66. The van der Waals surface area contributed by atoms with Crippen LogP contribution in [-0.4, -0.2) is 25.2 Å². The summed E-state index contributed by atoms with van der Waals surface area (Å²) in [6.45, 7) is 0. The second-order valence-electron chi connectivity index (χ2n) is 5.55. The van der Waals surface area contributed by atoms with Gasteiger partial charge in [0.05, 0.1) is 19.1 Å². The van der Waals surface area contributed by atoms with Gasteiger partial charge < -0.3 is 14.2 Å². The number of cyclic esters (lactones) is 1. The van der Waals surface area contributed by atoms with Crippen molar-refractivity contribution in [3.63, 3.8) is 0 Å². The molecule has 1 aliphatic rings. The van der Waals surface area contributed by atoms with E-state index in [2.05, 4.69) is 4.74 Å². The minimum absolute atomic E-state index is 0.120. The zero-order valence-electron chi connectivity index (χ0n) is 13.5. The van der Waals surface area contributed by atoms with Crippen molar-refractivity contribution < 1.29 is 37.0 Å². The molecule has 0 fully saturated rings. The summed E-state index contributed by atoms with van der Waals surface area (Å²) in [5.74, 6) is -0.845. The van der Waals surface area contributed by atoms with Crippen LogP contribution in [0.3, 0.4) is 0 Å². The van der Waals surface area contributed by atoms with Crippen LogP contribution in [0, 0.1) is 0 Å². The second kappa shape index (κ2) is 6.70. The molecule has 0 spiro atoms. The molecule has 0 N–H and O–H groups in total. The quantitative estimate of drug-likeness (QED) is 0.589. The number of halogens is 3. The number of carbonyl (C=O) groups excluding carboxylic acids is 2. The zero-order chi connectivity index (χ0) is 18.9. The van der Waals surface area contributed by atoms with Gasteiger partial charge in [-0.05, 0) is 36.4 Å². The molecule has 1 aliphatic heterocycles. The van der Waals surface area contributed by atoms with Crippen molar-refractivity contribution >= 4 is 11.8 Å². The van der Waals surface area contributed by atoms with E-state index in [1.807, 2.05) is 0 Å². The van der Waals surface area contributed by atoms with Gasteiger partial charge in [-0.3, -0.25) is 4.79 Å². The number of carbonyl (C=O) groups is 2. The minimum atomic E-state index is -4.80. The van der Waals surface area contributed by atoms with Crippen LogP contribution in [0.15, 0.2) is 42.5 Å². The number of esters is 1. The van der Waals surface area contributed by atoms with Crippen LogP contribution in [-0.2, 0) is 4.74 Å². The van der Waals surface area contributed by atoms with Gasteiger partial charge in [0.25, 0.3) is 0 Å². The van der Waals surface area contributed by atoms with Crippen molar-refractivity contribution in [2.24, 2.45) is 0 Å². The van der Waals surface area contributed by atoms with Crippen molar-refractivity contribution in [2.45, 2.75) is 18.9 Å². The van der Waals surface area contributed by atoms with Crippen LogP contribution in [0.2, 0.25) is 0 Å². The first-order valence-electron chi connectivity index (χ1n) is 7.55. The van der Waals surface area contributed by atoms with E-state index in [9.17, 15) is 22.8 Å². The van der Waals surface area contributed by atoms with E-state index in [4.69, 9.17) is 9.47 Å². The van der Waals surface area contributed by atoms with Crippen LogP contribution < -0.4 is 9.47 Å².